The van der Waals surface area contributed by atoms with Gasteiger partial charge in [0, 0.05) is 0 Å². The number of fused-ring (bicyclic) bond motifs is 1. The van der Waals surface area contributed by atoms with Gasteiger partial charge in [-0.05, 0) is 39.3 Å². The summed E-state index contributed by atoms with van der Waals surface area (Å²) in [5.74, 6) is 0. The fourth-order valence-corrected chi connectivity index (χ4v) is 1.96. The molecule has 11 heavy (non-hydrogen) atoms. The summed E-state index contributed by atoms with van der Waals surface area (Å²) in [6.07, 6.45) is 3.34. The van der Waals surface area contributed by atoms with Gasteiger partial charge >= 0.3 is 0 Å². The molecule has 2 fully saturated rings. The second-order valence-corrected chi connectivity index (χ2v) is 3.89. The molecular weight excluding hydrogens is 142 g/mol. The van der Waals surface area contributed by atoms with Gasteiger partial charge < -0.3 is 15.0 Å². The Hall–Kier alpha value is -0.120. The van der Waals surface area contributed by atoms with Crippen molar-refractivity contribution in [3.8, 4) is 0 Å². The third-order valence-corrected chi connectivity index (χ3v) is 3.01. The van der Waals surface area contributed by atoms with Crippen molar-refractivity contribution in [2.45, 2.75) is 43.9 Å². The van der Waals surface area contributed by atoms with Crippen molar-refractivity contribution in [2.75, 3.05) is 7.05 Å². The average molecular weight is 156 g/mol. The predicted octanol–water partition coefficient (Wildman–Crippen LogP) is 1.13. The van der Waals surface area contributed by atoms with Crippen LogP contribution in [0.4, 0.5) is 0 Å². The first-order chi connectivity index (χ1) is 5.12. The highest BCUT2D eigenvalue weighted by Gasteiger charge is 2.55. The largest absolute Gasteiger partial charge is 0.785 e. The van der Waals surface area contributed by atoms with Crippen molar-refractivity contribution in [3.63, 3.8) is 0 Å². The molecule has 0 spiro atoms. The smallest absolute Gasteiger partial charge is 0.0921 e. The van der Waals surface area contributed by atoms with Gasteiger partial charge in [0.15, 0.2) is 0 Å². The second kappa shape index (κ2) is 2.19. The van der Waals surface area contributed by atoms with E-state index in [9.17, 15) is 5.21 Å². The van der Waals surface area contributed by atoms with Crippen molar-refractivity contribution in [2.24, 2.45) is 0 Å². The van der Waals surface area contributed by atoms with E-state index in [0.29, 0.717) is 6.10 Å². The van der Waals surface area contributed by atoms with E-state index in [0.717, 1.165) is 24.3 Å². The molecule has 0 bridgehead atoms. The summed E-state index contributed by atoms with van der Waals surface area (Å²) in [6.45, 7) is 2.14. The summed E-state index contributed by atoms with van der Waals surface area (Å²) in [5, 5.41) is 12.0. The zero-order chi connectivity index (χ0) is 8.06. The highest BCUT2D eigenvalue weighted by Crippen LogP contribution is 2.47. The Morgan fingerprint density at radius 1 is 1.64 bits per heavy atom. The molecule has 1 aliphatic heterocycles. The molecule has 1 aliphatic carbocycles. The second-order valence-electron chi connectivity index (χ2n) is 3.89. The van der Waals surface area contributed by atoms with Gasteiger partial charge in [0.25, 0.3) is 0 Å². The van der Waals surface area contributed by atoms with Gasteiger partial charge in [0.1, 0.15) is 0 Å². The average Bonchev–Trinajstić information content (AvgIpc) is 2.58. The standard InChI is InChI=1S/C8H14NO2/c1-8-4-3-6(9(2)10)5-7(8)11-8/h6-7H,3-5H2,1-2H3/q-1. The first-order valence-electron chi connectivity index (χ1n) is 4.19. The minimum absolute atomic E-state index is 0.145. The molecule has 3 nitrogen and oxygen atoms in total. The maximum Gasteiger partial charge on any atom is 0.0921 e. The third kappa shape index (κ3) is 1.17. The molecule has 3 unspecified atom stereocenters. The van der Waals surface area contributed by atoms with Gasteiger partial charge in [-0.1, -0.05) is 0 Å². The first-order valence-corrected chi connectivity index (χ1v) is 4.19. The van der Waals surface area contributed by atoms with E-state index in [2.05, 4.69) is 6.92 Å². The molecule has 2 aliphatic rings. The quantitative estimate of drug-likeness (QED) is 0.422. The van der Waals surface area contributed by atoms with Crippen LogP contribution in [-0.4, -0.2) is 29.9 Å². The molecule has 1 saturated heterocycles. The molecule has 0 N–H and O–H groups in total. The van der Waals surface area contributed by atoms with Crippen LogP contribution in [0.15, 0.2) is 0 Å². The Bertz CT molecular complexity index is 171. The van der Waals surface area contributed by atoms with E-state index in [1.807, 2.05) is 0 Å². The van der Waals surface area contributed by atoms with Crippen LogP contribution >= 0.6 is 0 Å². The number of epoxide rings is 1. The summed E-state index contributed by atoms with van der Waals surface area (Å²) in [6, 6.07) is 0.204. The fraction of sp³-hybridized carbons (Fsp3) is 1.00. The molecule has 1 saturated carbocycles. The molecule has 0 aromatic rings. The normalized spacial score (nSPS) is 49.1. The molecule has 0 aromatic carbocycles. The number of nitrogens with zero attached hydrogens (tertiary/aromatic N) is 1. The van der Waals surface area contributed by atoms with Crippen LogP contribution < -0.4 is 0 Å². The van der Waals surface area contributed by atoms with Crippen molar-refractivity contribution < 1.29 is 4.74 Å². The molecule has 0 amide bonds. The predicted molar refractivity (Wildman–Crippen MR) is 42.0 cm³/mol. The Labute approximate surface area is 66.9 Å². The van der Waals surface area contributed by atoms with Gasteiger partial charge in [0.2, 0.25) is 0 Å². The van der Waals surface area contributed by atoms with Crippen LogP contribution in [0.2, 0.25) is 0 Å². The van der Waals surface area contributed by atoms with Crippen molar-refractivity contribution in [1.82, 2.24) is 5.06 Å². The summed E-state index contributed by atoms with van der Waals surface area (Å²) >= 11 is 0. The van der Waals surface area contributed by atoms with Gasteiger partial charge in [0.05, 0.1) is 11.7 Å². The van der Waals surface area contributed by atoms with Crippen molar-refractivity contribution in [3.05, 3.63) is 5.21 Å². The Morgan fingerprint density at radius 2 is 2.36 bits per heavy atom. The van der Waals surface area contributed by atoms with Crippen molar-refractivity contribution >= 4 is 0 Å². The number of hydrogen-bond acceptors (Lipinski definition) is 3. The van der Waals surface area contributed by atoms with E-state index >= 15 is 0 Å². The fourth-order valence-electron chi connectivity index (χ4n) is 1.96. The van der Waals surface area contributed by atoms with Crippen LogP contribution in [0.5, 0.6) is 0 Å². The lowest BCUT2D eigenvalue weighted by Crippen LogP contribution is -2.34. The van der Waals surface area contributed by atoms with E-state index in [4.69, 9.17) is 4.74 Å². The minimum atomic E-state index is 0.145. The van der Waals surface area contributed by atoms with Gasteiger partial charge in [-0.2, -0.15) is 0 Å². The zero-order valence-electron chi connectivity index (χ0n) is 7.04. The van der Waals surface area contributed by atoms with Gasteiger partial charge in [-0.15, -0.1) is 0 Å². The SMILES string of the molecule is CN([O-])C1CCC2(C)OC2C1. The maximum atomic E-state index is 10.9. The molecule has 0 aromatic heterocycles. The molecule has 2 rings (SSSR count). The maximum absolute atomic E-state index is 10.9. The summed E-state index contributed by atoms with van der Waals surface area (Å²) in [5.41, 5.74) is 0.145. The topological polar surface area (TPSA) is 38.8 Å². The summed E-state index contributed by atoms with van der Waals surface area (Å²) in [4.78, 5) is 0. The number of ether oxygens (including phenoxy) is 1. The lowest BCUT2D eigenvalue weighted by molar-refractivity contribution is 0.255. The van der Waals surface area contributed by atoms with Gasteiger partial charge in [-0.3, -0.25) is 0 Å². The van der Waals surface area contributed by atoms with Crippen molar-refractivity contribution in [1.29, 1.82) is 0 Å². The molecule has 64 valence electrons. The first kappa shape index (κ1) is 7.53. The van der Waals surface area contributed by atoms with Crippen LogP contribution in [0.25, 0.3) is 0 Å². The van der Waals surface area contributed by atoms with Gasteiger partial charge in [-0.25, -0.2) is 0 Å². The molecular formula is C8H14NO2-. The number of hydroxylamine groups is 2. The third-order valence-electron chi connectivity index (χ3n) is 3.01. The molecule has 1 heterocycles. The van der Waals surface area contributed by atoms with Crippen LogP contribution in [-0.2, 0) is 4.74 Å². The summed E-state index contributed by atoms with van der Waals surface area (Å²) < 4.78 is 5.48. The number of hydrogen-bond donors (Lipinski definition) is 0. The van der Waals surface area contributed by atoms with E-state index < -0.39 is 0 Å². The van der Waals surface area contributed by atoms with E-state index in [1.165, 1.54) is 0 Å². The van der Waals surface area contributed by atoms with Crippen LogP contribution in [0.1, 0.15) is 26.2 Å². The monoisotopic (exact) mass is 156 g/mol. The molecule has 3 heteroatoms. The Morgan fingerprint density at radius 3 is 2.91 bits per heavy atom. The van der Waals surface area contributed by atoms with E-state index in [-0.39, 0.29) is 11.6 Å². The molecule has 3 atom stereocenters. The molecule has 0 radical (unpaired) electrons. The number of rotatable bonds is 1. The van der Waals surface area contributed by atoms with E-state index in [1.54, 1.807) is 7.05 Å². The van der Waals surface area contributed by atoms with Crippen LogP contribution in [0.3, 0.4) is 0 Å². The Balaban J connectivity index is 1.93. The lowest BCUT2D eigenvalue weighted by Gasteiger charge is -2.35. The minimum Gasteiger partial charge on any atom is -0.785 e. The Kier molecular flexibility index (Phi) is 1.50. The highest BCUT2D eigenvalue weighted by molar-refractivity contribution is 5.05. The van der Waals surface area contributed by atoms with Crippen LogP contribution in [0, 0.1) is 5.21 Å². The summed E-state index contributed by atoms with van der Waals surface area (Å²) in [7, 11) is 1.61. The lowest BCUT2D eigenvalue weighted by atomic mass is 9.87. The zero-order valence-corrected chi connectivity index (χ0v) is 7.04. The highest BCUT2D eigenvalue weighted by atomic mass is 16.6.